The predicted octanol–water partition coefficient (Wildman–Crippen LogP) is 5.72. The number of nitrogens with zero attached hydrogens (tertiary/aromatic N) is 2. The summed E-state index contributed by atoms with van der Waals surface area (Å²) in [7, 11) is 0. The van der Waals surface area contributed by atoms with E-state index in [-0.39, 0.29) is 11.1 Å². The molecule has 0 aromatic heterocycles. The Hall–Kier alpha value is -3.02. The quantitative estimate of drug-likeness (QED) is 0.287. The van der Waals surface area contributed by atoms with E-state index in [1.165, 1.54) is 20.8 Å². The molecule has 0 aliphatic rings. The monoisotopic (exact) mass is 460 g/mol. The van der Waals surface area contributed by atoms with Gasteiger partial charge in [0, 0.05) is 28.5 Å². The summed E-state index contributed by atoms with van der Waals surface area (Å²) in [5.41, 5.74) is -3.29. The van der Waals surface area contributed by atoms with Crippen LogP contribution in [-0.2, 0) is 0 Å². The Morgan fingerprint density at radius 2 is 1.26 bits per heavy atom. The summed E-state index contributed by atoms with van der Waals surface area (Å²) in [4.78, 5) is 20.6. The van der Waals surface area contributed by atoms with Gasteiger partial charge in [-0.25, -0.2) is 0 Å². The topological polar surface area (TPSA) is 127 Å². The molecule has 8 nitrogen and oxygen atoms in total. The molecule has 2 unspecified atom stereocenters. The molecule has 0 radical (unpaired) electrons. The minimum atomic E-state index is -5.00. The number of benzene rings is 2. The summed E-state index contributed by atoms with van der Waals surface area (Å²) in [5, 5.41) is 42.0. The number of aromatic hydroxyl groups is 2. The van der Waals surface area contributed by atoms with Gasteiger partial charge >= 0.3 is 17.6 Å². The second kappa shape index (κ2) is 8.61. The second-order valence-corrected chi connectivity index (χ2v) is 8.05. The van der Waals surface area contributed by atoms with Crippen LogP contribution in [0.4, 0.5) is 24.5 Å². The molecule has 0 aliphatic carbocycles. The molecule has 0 aliphatic heterocycles. The number of nitro benzene ring substituents is 2. The van der Waals surface area contributed by atoms with Crippen LogP contribution in [0.1, 0.15) is 60.1 Å². The van der Waals surface area contributed by atoms with E-state index >= 15 is 0 Å². The van der Waals surface area contributed by atoms with Gasteiger partial charge in [0.2, 0.25) is 0 Å². The van der Waals surface area contributed by atoms with Gasteiger partial charge in [0.25, 0.3) is 0 Å². The maximum absolute atomic E-state index is 14.1. The molecule has 0 bridgehead atoms. The first-order chi connectivity index (χ1) is 14.2. The second-order valence-electron chi connectivity index (χ2n) is 7.28. The molecular weight excluding hydrogens is 441 g/mol. The minimum Gasteiger partial charge on any atom is -0.502 e. The van der Waals surface area contributed by atoms with Crippen molar-refractivity contribution >= 4 is 24.0 Å². The molecule has 12 heteroatoms. The van der Waals surface area contributed by atoms with Crippen LogP contribution in [0.5, 0.6) is 11.5 Å². The van der Waals surface area contributed by atoms with Gasteiger partial charge in [-0.15, -0.1) is 0 Å². The Morgan fingerprint density at radius 1 is 0.871 bits per heavy atom. The maximum atomic E-state index is 14.1. The van der Waals surface area contributed by atoms with Crippen LogP contribution in [0.25, 0.3) is 0 Å². The molecule has 2 atom stereocenters. The van der Waals surface area contributed by atoms with Crippen molar-refractivity contribution in [3.05, 3.63) is 66.7 Å². The van der Waals surface area contributed by atoms with Gasteiger partial charge in [-0.05, 0) is 30.0 Å². The van der Waals surface area contributed by atoms with Crippen molar-refractivity contribution in [2.75, 3.05) is 0 Å². The highest BCUT2D eigenvalue weighted by Gasteiger charge is 2.44. The van der Waals surface area contributed by atoms with Crippen molar-refractivity contribution in [1.82, 2.24) is 0 Å². The number of nitro groups is 2. The molecule has 0 amide bonds. The van der Waals surface area contributed by atoms with Gasteiger partial charge in [0.1, 0.15) is 5.92 Å². The number of halogens is 3. The summed E-state index contributed by atoms with van der Waals surface area (Å²) in [6.07, 6.45) is -5.00. The lowest BCUT2D eigenvalue weighted by Gasteiger charge is -2.24. The van der Waals surface area contributed by atoms with Crippen LogP contribution >= 0.6 is 12.6 Å². The third-order valence-corrected chi connectivity index (χ3v) is 5.02. The van der Waals surface area contributed by atoms with Crippen molar-refractivity contribution in [1.29, 1.82) is 0 Å². The minimum absolute atomic E-state index is 0.0745. The first-order valence-electron chi connectivity index (χ1n) is 8.93. The van der Waals surface area contributed by atoms with E-state index in [0.29, 0.717) is 12.1 Å². The van der Waals surface area contributed by atoms with E-state index in [2.05, 4.69) is 12.6 Å². The summed E-state index contributed by atoms with van der Waals surface area (Å²) in [6.45, 7) is 4.49. The zero-order valence-corrected chi connectivity index (χ0v) is 17.4. The van der Waals surface area contributed by atoms with Gasteiger partial charge in [-0.3, -0.25) is 20.2 Å². The number of hydrogen-bond acceptors (Lipinski definition) is 7. The van der Waals surface area contributed by atoms with Crippen molar-refractivity contribution in [2.24, 2.45) is 0 Å². The normalized spacial score (nSPS) is 13.8. The third-order valence-electron chi connectivity index (χ3n) is 4.74. The number of thiol groups is 1. The predicted molar refractivity (Wildman–Crippen MR) is 109 cm³/mol. The van der Waals surface area contributed by atoms with Crippen molar-refractivity contribution in [2.45, 2.75) is 44.0 Å². The highest BCUT2D eigenvalue weighted by Crippen LogP contribution is 2.48. The number of phenols is 2. The molecule has 0 heterocycles. The van der Waals surface area contributed by atoms with E-state index in [0.717, 1.165) is 12.1 Å². The average Bonchev–Trinajstić information content (AvgIpc) is 2.61. The Balaban J connectivity index is 2.92. The van der Waals surface area contributed by atoms with Gasteiger partial charge < -0.3 is 10.2 Å². The van der Waals surface area contributed by atoms with E-state index in [1.54, 1.807) is 0 Å². The fraction of sp³-hybridized carbons (Fsp3) is 0.368. The molecule has 0 spiro atoms. The fourth-order valence-corrected chi connectivity index (χ4v) is 3.46. The zero-order valence-electron chi connectivity index (χ0n) is 16.5. The first kappa shape index (κ1) is 24.3. The third kappa shape index (κ3) is 4.84. The molecule has 31 heavy (non-hydrogen) atoms. The lowest BCUT2D eigenvalue weighted by Crippen LogP contribution is -2.23. The SMILES string of the molecule is CC(C)c1cc(C(c2cc(C(C)S)c(O)c([N+](=O)[O-])c2)C(F)(F)F)cc([N+](=O)[O-])c1O. The van der Waals surface area contributed by atoms with Crippen LogP contribution in [0.15, 0.2) is 24.3 Å². The fourth-order valence-electron chi connectivity index (χ4n) is 3.27. The molecule has 2 aromatic rings. The van der Waals surface area contributed by atoms with Gasteiger partial charge in [-0.2, -0.15) is 25.8 Å². The Kier molecular flexibility index (Phi) is 6.74. The van der Waals surface area contributed by atoms with Crippen LogP contribution in [-0.4, -0.2) is 26.2 Å². The van der Waals surface area contributed by atoms with Crippen LogP contribution in [0, 0.1) is 20.2 Å². The lowest BCUT2D eigenvalue weighted by molar-refractivity contribution is -0.386. The smallest absolute Gasteiger partial charge is 0.399 e. The van der Waals surface area contributed by atoms with Gasteiger partial charge in [-0.1, -0.05) is 19.9 Å². The van der Waals surface area contributed by atoms with E-state index in [9.17, 15) is 43.6 Å². The summed E-state index contributed by atoms with van der Waals surface area (Å²) in [5.74, 6) is -4.59. The van der Waals surface area contributed by atoms with E-state index in [4.69, 9.17) is 0 Å². The van der Waals surface area contributed by atoms with Crippen molar-refractivity contribution in [3.8, 4) is 11.5 Å². The highest BCUT2D eigenvalue weighted by molar-refractivity contribution is 7.80. The van der Waals surface area contributed by atoms with Crippen molar-refractivity contribution in [3.63, 3.8) is 0 Å². The number of alkyl halides is 3. The largest absolute Gasteiger partial charge is 0.502 e. The first-order valence-corrected chi connectivity index (χ1v) is 9.45. The van der Waals surface area contributed by atoms with E-state index < -0.39 is 67.1 Å². The summed E-state index contributed by atoms with van der Waals surface area (Å²) in [6, 6.07) is 3.11. The highest BCUT2D eigenvalue weighted by atomic mass is 32.1. The molecule has 2 aromatic carbocycles. The Labute approximate surface area is 180 Å². The molecular formula is C19H19F3N2O6S. The van der Waals surface area contributed by atoms with Crippen LogP contribution in [0.2, 0.25) is 0 Å². The van der Waals surface area contributed by atoms with Crippen LogP contribution < -0.4 is 0 Å². The standard InChI is InChI=1S/C19H19F3N2O6S/c1-8(2)12-4-10(6-14(17(12)25)23(27)28)16(19(20,21)22)11-5-13(9(3)31)18(26)15(7-11)24(29)30/h4-9,16,25-26,31H,1-3H3. The molecule has 0 saturated heterocycles. The molecule has 0 saturated carbocycles. The molecule has 0 fully saturated rings. The van der Waals surface area contributed by atoms with Crippen LogP contribution in [0.3, 0.4) is 0 Å². The molecule has 168 valence electrons. The van der Waals surface area contributed by atoms with E-state index in [1.807, 2.05) is 0 Å². The van der Waals surface area contributed by atoms with Gasteiger partial charge in [0.05, 0.1) is 9.85 Å². The Bertz CT molecular complexity index is 965. The number of phenolic OH excluding ortho intramolecular Hbond substituents is 2. The average molecular weight is 460 g/mol. The zero-order chi connectivity index (χ0) is 23.8. The Morgan fingerprint density at radius 3 is 1.58 bits per heavy atom. The number of rotatable bonds is 6. The van der Waals surface area contributed by atoms with Gasteiger partial charge in [0.15, 0.2) is 11.5 Å². The summed E-state index contributed by atoms with van der Waals surface area (Å²) >= 11 is 4.06. The van der Waals surface area contributed by atoms with Crippen molar-refractivity contribution < 1.29 is 33.2 Å². The number of hydrogen-bond donors (Lipinski definition) is 3. The lowest BCUT2D eigenvalue weighted by atomic mass is 9.86. The maximum Gasteiger partial charge on any atom is 0.399 e. The molecule has 2 N–H and O–H groups in total. The molecule has 2 rings (SSSR count). The summed E-state index contributed by atoms with van der Waals surface area (Å²) < 4.78 is 42.4.